The van der Waals surface area contributed by atoms with E-state index >= 15 is 0 Å². The van der Waals surface area contributed by atoms with Crippen molar-refractivity contribution in [2.45, 2.75) is 28.9 Å². The number of carbonyl (C=O) groups is 1. The molecule has 0 aliphatic heterocycles. The average Bonchev–Trinajstić information content (AvgIpc) is 3.29. The molecule has 3 aromatic carbocycles. The lowest BCUT2D eigenvalue weighted by Gasteiger charge is -2.15. The molecule has 1 heterocycles. The third-order valence-electron chi connectivity index (χ3n) is 4.89. The first-order valence-corrected chi connectivity index (χ1v) is 12.1. The molecule has 0 fully saturated rings. The zero-order valence-electron chi connectivity index (χ0n) is 17.7. The van der Waals surface area contributed by atoms with Crippen LogP contribution in [-0.2, 0) is 16.9 Å². The van der Waals surface area contributed by atoms with E-state index in [2.05, 4.69) is 4.98 Å². The van der Waals surface area contributed by atoms with Crippen molar-refractivity contribution < 1.29 is 14.6 Å². The molecule has 5 nitrogen and oxygen atoms in total. The molecule has 0 saturated carbocycles. The van der Waals surface area contributed by atoms with E-state index in [4.69, 9.17) is 22.1 Å². The maximum Gasteiger partial charge on any atom is 0.330 e. The van der Waals surface area contributed by atoms with Crippen LogP contribution in [0.5, 0.6) is 5.75 Å². The third-order valence-corrected chi connectivity index (χ3v) is 7.45. The molecule has 1 aromatic heterocycles. The van der Waals surface area contributed by atoms with Crippen LogP contribution in [-0.4, -0.2) is 16.1 Å². The topological polar surface area (TPSA) is 85.4 Å². The summed E-state index contributed by atoms with van der Waals surface area (Å²) in [4.78, 5) is 18.4. The van der Waals surface area contributed by atoms with E-state index in [-0.39, 0.29) is 0 Å². The monoisotopic (exact) mass is 496 g/mol. The number of carboxylic acid groups (broad SMARTS) is 1. The second kappa shape index (κ2) is 9.97. The summed E-state index contributed by atoms with van der Waals surface area (Å²) in [6.07, 6.45) is 1.61. The Morgan fingerprint density at radius 2 is 1.88 bits per heavy atom. The fourth-order valence-corrected chi connectivity index (χ4v) is 5.31. The Hall–Kier alpha value is -2.84. The lowest BCUT2D eigenvalue weighted by molar-refractivity contribution is -0.143. The van der Waals surface area contributed by atoms with Crippen LogP contribution in [0.15, 0.2) is 88.8 Å². The van der Waals surface area contributed by atoms with Gasteiger partial charge in [0, 0.05) is 21.6 Å². The van der Waals surface area contributed by atoms with Gasteiger partial charge in [0.1, 0.15) is 17.4 Å². The summed E-state index contributed by atoms with van der Waals surface area (Å²) in [7, 11) is 0. The summed E-state index contributed by atoms with van der Waals surface area (Å²) < 4.78 is 5.92. The highest BCUT2D eigenvalue weighted by Gasteiger charge is 2.33. The fourth-order valence-electron chi connectivity index (χ4n) is 2.99. The maximum atomic E-state index is 11.4. The largest absolute Gasteiger partial charge is 0.489 e. The normalized spacial score (nSPS) is 12.8. The second-order valence-corrected chi connectivity index (χ2v) is 10.1. The molecule has 0 radical (unpaired) electrons. The lowest BCUT2D eigenvalue weighted by Crippen LogP contribution is -2.41. The van der Waals surface area contributed by atoms with E-state index in [9.17, 15) is 9.90 Å². The number of ether oxygens (including phenoxy) is 1. The van der Waals surface area contributed by atoms with Crippen molar-refractivity contribution in [1.82, 2.24) is 4.98 Å². The van der Waals surface area contributed by atoms with Gasteiger partial charge < -0.3 is 15.6 Å². The Labute approximate surface area is 205 Å². The number of rotatable bonds is 8. The van der Waals surface area contributed by atoms with Gasteiger partial charge in [0.2, 0.25) is 0 Å². The molecule has 8 heteroatoms. The molecule has 0 amide bonds. The summed E-state index contributed by atoms with van der Waals surface area (Å²) in [6, 6.07) is 23.7. The van der Waals surface area contributed by atoms with Gasteiger partial charge in [-0.15, -0.1) is 11.3 Å². The molecule has 0 spiro atoms. The molecule has 4 aromatic rings. The van der Waals surface area contributed by atoms with Gasteiger partial charge in [0.05, 0.1) is 9.90 Å². The molecule has 0 saturated heterocycles. The molecule has 0 bridgehead atoms. The van der Waals surface area contributed by atoms with Crippen LogP contribution < -0.4 is 10.5 Å². The predicted molar refractivity (Wildman–Crippen MR) is 133 cm³/mol. The van der Waals surface area contributed by atoms with E-state index < -0.39 is 11.5 Å². The molecule has 1 atom stereocenters. The molecular formula is C25H21ClN2O3S2. The van der Waals surface area contributed by atoms with Crippen LogP contribution in [0.25, 0.3) is 10.4 Å². The van der Waals surface area contributed by atoms with Crippen molar-refractivity contribution in [3.8, 4) is 16.2 Å². The van der Waals surface area contributed by atoms with Gasteiger partial charge in [-0.2, -0.15) is 0 Å². The summed E-state index contributed by atoms with van der Waals surface area (Å²) in [6.45, 7) is 1.94. The highest BCUT2D eigenvalue weighted by atomic mass is 35.5. The van der Waals surface area contributed by atoms with Crippen LogP contribution in [0, 0.1) is 0 Å². The molecule has 3 N–H and O–H groups in total. The fraction of sp³-hybridized carbons (Fsp3) is 0.120. The molecule has 4 rings (SSSR count). The minimum Gasteiger partial charge on any atom is -0.489 e. The Morgan fingerprint density at radius 3 is 2.61 bits per heavy atom. The molecule has 168 valence electrons. The minimum absolute atomic E-state index is 0.326. The van der Waals surface area contributed by atoms with Crippen molar-refractivity contribution in [1.29, 1.82) is 0 Å². The first-order valence-electron chi connectivity index (χ1n) is 10.1. The van der Waals surface area contributed by atoms with Crippen LogP contribution >= 0.6 is 34.7 Å². The quantitative estimate of drug-likeness (QED) is 0.291. The first-order chi connectivity index (χ1) is 15.8. The van der Waals surface area contributed by atoms with Gasteiger partial charge in [0.15, 0.2) is 5.54 Å². The van der Waals surface area contributed by atoms with Crippen molar-refractivity contribution in [2.75, 3.05) is 0 Å². The van der Waals surface area contributed by atoms with E-state index in [1.807, 2.05) is 72.8 Å². The zero-order valence-corrected chi connectivity index (χ0v) is 20.1. The number of hydrogen-bond acceptors (Lipinski definition) is 6. The van der Waals surface area contributed by atoms with E-state index in [0.29, 0.717) is 16.6 Å². The number of thiazole rings is 1. The minimum atomic E-state index is -1.54. The summed E-state index contributed by atoms with van der Waals surface area (Å²) in [5.41, 5.74) is 6.24. The third kappa shape index (κ3) is 5.57. The predicted octanol–water partition coefficient (Wildman–Crippen LogP) is 6.45. The number of halogens is 1. The van der Waals surface area contributed by atoms with Crippen LogP contribution in [0.4, 0.5) is 0 Å². The lowest BCUT2D eigenvalue weighted by atomic mass is 10.1. The molecule has 33 heavy (non-hydrogen) atoms. The summed E-state index contributed by atoms with van der Waals surface area (Å²) in [5, 5.41) is 10.2. The summed E-state index contributed by atoms with van der Waals surface area (Å²) in [5.74, 6) is -0.330. The average molecular weight is 497 g/mol. The number of carboxylic acids is 1. The highest BCUT2D eigenvalue weighted by Crippen LogP contribution is 2.38. The summed E-state index contributed by atoms with van der Waals surface area (Å²) >= 11 is 9.36. The Kier molecular flexibility index (Phi) is 7.05. The van der Waals surface area contributed by atoms with Crippen LogP contribution in [0.2, 0.25) is 5.02 Å². The Balaban J connectivity index is 1.47. The number of benzene rings is 3. The Morgan fingerprint density at radius 1 is 1.12 bits per heavy atom. The standard InChI is InChI=1S/C25H21ClN2O3S2/c1-25(27,24(29)30)23-28-14-22(33-23)20-11-10-19(13-21(20)26)32-18-9-5-8-17(12-18)31-15-16-6-3-2-4-7-16/h2-14H,15,27H2,1H3,(H,29,30)/t25-/m1/s1. The van der Waals surface area contributed by atoms with Gasteiger partial charge in [-0.3, -0.25) is 0 Å². The number of nitrogens with two attached hydrogens (primary N) is 1. The van der Waals surface area contributed by atoms with Crippen molar-refractivity contribution in [3.63, 3.8) is 0 Å². The van der Waals surface area contributed by atoms with Crippen LogP contribution in [0.3, 0.4) is 0 Å². The van der Waals surface area contributed by atoms with Gasteiger partial charge in [-0.25, -0.2) is 9.78 Å². The molecule has 0 aliphatic carbocycles. The number of hydrogen-bond donors (Lipinski definition) is 2. The number of nitrogens with zero attached hydrogens (tertiary/aromatic N) is 1. The van der Waals surface area contributed by atoms with Crippen molar-refractivity contribution >= 4 is 40.7 Å². The maximum absolute atomic E-state index is 11.4. The van der Waals surface area contributed by atoms with Gasteiger partial charge in [-0.1, -0.05) is 65.8 Å². The second-order valence-electron chi connectivity index (χ2n) is 7.53. The Bertz CT molecular complexity index is 1280. The molecule has 0 aliphatic rings. The smallest absolute Gasteiger partial charge is 0.330 e. The van der Waals surface area contributed by atoms with E-state index in [0.717, 1.165) is 31.5 Å². The number of aromatic nitrogens is 1. The SMILES string of the molecule is C[C@](N)(C(=O)O)c1ncc(-c2ccc(Sc3cccc(OCc4ccccc4)c3)cc2Cl)s1. The first kappa shape index (κ1) is 23.3. The van der Waals surface area contributed by atoms with E-state index in [1.54, 1.807) is 18.0 Å². The molecular weight excluding hydrogens is 476 g/mol. The highest BCUT2D eigenvalue weighted by molar-refractivity contribution is 7.99. The van der Waals surface area contributed by atoms with Crippen LogP contribution in [0.1, 0.15) is 17.5 Å². The number of aliphatic carboxylic acids is 1. The molecule has 0 unspecified atom stereocenters. The van der Waals surface area contributed by atoms with Crippen molar-refractivity contribution in [3.05, 3.63) is 94.6 Å². The van der Waals surface area contributed by atoms with Gasteiger partial charge >= 0.3 is 5.97 Å². The van der Waals surface area contributed by atoms with Gasteiger partial charge in [-0.05, 0) is 42.8 Å². The van der Waals surface area contributed by atoms with Gasteiger partial charge in [0.25, 0.3) is 0 Å². The van der Waals surface area contributed by atoms with Crippen molar-refractivity contribution in [2.24, 2.45) is 5.73 Å². The zero-order chi connectivity index (χ0) is 23.4. The van der Waals surface area contributed by atoms with E-state index in [1.165, 1.54) is 18.3 Å².